The molecule has 0 bridgehead atoms. The van der Waals surface area contributed by atoms with Gasteiger partial charge < -0.3 is 9.47 Å². The summed E-state index contributed by atoms with van der Waals surface area (Å²) >= 11 is 0. The first-order valence-electron chi connectivity index (χ1n) is 7.45. The summed E-state index contributed by atoms with van der Waals surface area (Å²) in [4.78, 5) is 22.5. The molecule has 0 spiro atoms. The van der Waals surface area contributed by atoms with E-state index in [1.807, 2.05) is 36.4 Å². The Hall–Kier alpha value is -2.36. The van der Waals surface area contributed by atoms with Crippen LogP contribution in [0.4, 0.5) is 0 Å². The summed E-state index contributed by atoms with van der Waals surface area (Å²) in [5, 5.41) is 2.08. The van der Waals surface area contributed by atoms with Crippen molar-refractivity contribution >= 4 is 22.7 Å². The van der Waals surface area contributed by atoms with Crippen LogP contribution in [-0.2, 0) is 32.3 Å². The normalized spacial score (nSPS) is 10.5. The number of esters is 2. The van der Waals surface area contributed by atoms with Crippen molar-refractivity contribution < 1.29 is 19.1 Å². The van der Waals surface area contributed by atoms with Gasteiger partial charge in [-0.25, -0.2) is 0 Å². The van der Waals surface area contributed by atoms with E-state index in [-0.39, 0.29) is 25.2 Å². The minimum Gasteiger partial charge on any atom is -0.461 e. The number of carbonyl (C=O) groups is 2. The van der Waals surface area contributed by atoms with Crippen molar-refractivity contribution in [3.05, 3.63) is 47.5 Å². The van der Waals surface area contributed by atoms with Crippen LogP contribution in [0, 0.1) is 0 Å². The fourth-order valence-corrected chi connectivity index (χ4v) is 2.14. The molecule has 4 nitrogen and oxygen atoms in total. The third kappa shape index (κ3) is 4.07. The van der Waals surface area contributed by atoms with Crippen LogP contribution in [0.15, 0.2) is 36.4 Å². The number of benzene rings is 2. The van der Waals surface area contributed by atoms with Crippen molar-refractivity contribution in [2.75, 3.05) is 0 Å². The van der Waals surface area contributed by atoms with Crippen molar-refractivity contribution in [3.63, 3.8) is 0 Å². The number of hydrogen-bond acceptors (Lipinski definition) is 4. The largest absolute Gasteiger partial charge is 0.461 e. The van der Waals surface area contributed by atoms with Crippen molar-refractivity contribution in [1.29, 1.82) is 0 Å². The monoisotopic (exact) mass is 300 g/mol. The molecule has 0 radical (unpaired) electrons. The lowest BCUT2D eigenvalue weighted by atomic mass is 10.0. The molecule has 0 unspecified atom stereocenters. The molecule has 0 aromatic heterocycles. The average Bonchev–Trinajstić information content (AvgIpc) is 2.56. The van der Waals surface area contributed by atoms with E-state index in [9.17, 15) is 9.59 Å². The molecular weight excluding hydrogens is 280 g/mol. The number of rotatable bonds is 6. The Morgan fingerprint density at radius 1 is 0.909 bits per heavy atom. The zero-order chi connectivity index (χ0) is 15.9. The minimum atomic E-state index is -0.208. The highest BCUT2D eigenvalue weighted by molar-refractivity contribution is 5.86. The molecule has 0 aliphatic carbocycles. The molecule has 0 fully saturated rings. The Labute approximate surface area is 130 Å². The summed E-state index contributed by atoms with van der Waals surface area (Å²) in [6.07, 6.45) is 0.748. The maximum Gasteiger partial charge on any atom is 0.305 e. The zero-order valence-corrected chi connectivity index (χ0v) is 12.9. The second kappa shape index (κ2) is 7.59. The van der Waals surface area contributed by atoms with Crippen LogP contribution in [0.25, 0.3) is 10.8 Å². The fourth-order valence-electron chi connectivity index (χ4n) is 2.14. The van der Waals surface area contributed by atoms with E-state index in [0.717, 1.165) is 21.9 Å². The van der Waals surface area contributed by atoms with Crippen LogP contribution in [0.3, 0.4) is 0 Å². The zero-order valence-electron chi connectivity index (χ0n) is 12.9. The SMILES string of the molecule is CCC(=O)OCc1ccc2c(COC(=O)CC)cccc2c1. The molecule has 0 N–H and O–H groups in total. The first-order chi connectivity index (χ1) is 10.6. The number of carbonyl (C=O) groups excluding carboxylic acids is 2. The molecule has 0 aliphatic heterocycles. The highest BCUT2D eigenvalue weighted by Gasteiger charge is 2.06. The van der Waals surface area contributed by atoms with Crippen molar-refractivity contribution in [2.45, 2.75) is 39.9 Å². The van der Waals surface area contributed by atoms with Crippen LogP contribution in [0.5, 0.6) is 0 Å². The van der Waals surface area contributed by atoms with Crippen LogP contribution in [-0.4, -0.2) is 11.9 Å². The Kier molecular flexibility index (Phi) is 5.53. The van der Waals surface area contributed by atoms with E-state index in [1.54, 1.807) is 13.8 Å². The van der Waals surface area contributed by atoms with Crippen molar-refractivity contribution in [1.82, 2.24) is 0 Å². The third-order valence-corrected chi connectivity index (χ3v) is 3.40. The van der Waals surface area contributed by atoms with E-state index < -0.39 is 0 Å². The summed E-state index contributed by atoms with van der Waals surface area (Å²) in [5.74, 6) is -0.416. The Bertz CT molecular complexity index is 676. The average molecular weight is 300 g/mol. The van der Waals surface area contributed by atoms with Crippen LogP contribution in [0.1, 0.15) is 37.8 Å². The lowest BCUT2D eigenvalue weighted by molar-refractivity contribution is -0.145. The Morgan fingerprint density at radius 2 is 1.59 bits per heavy atom. The van der Waals surface area contributed by atoms with E-state index in [1.165, 1.54) is 0 Å². The van der Waals surface area contributed by atoms with Gasteiger partial charge in [-0.1, -0.05) is 44.2 Å². The molecule has 4 heteroatoms. The molecule has 0 atom stereocenters. The molecular formula is C18H20O4. The predicted molar refractivity (Wildman–Crippen MR) is 84.1 cm³/mol. The summed E-state index contributed by atoms with van der Waals surface area (Å²) in [7, 11) is 0. The van der Waals surface area contributed by atoms with Gasteiger partial charge in [-0.15, -0.1) is 0 Å². The minimum absolute atomic E-state index is 0.208. The molecule has 116 valence electrons. The highest BCUT2D eigenvalue weighted by atomic mass is 16.5. The van der Waals surface area contributed by atoms with Gasteiger partial charge in [-0.05, 0) is 28.0 Å². The summed E-state index contributed by atoms with van der Waals surface area (Å²) in [6.45, 7) is 4.09. The summed E-state index contributed by atoms with van der Waals surface area (Å²) < 4.78 is 10.3. The van der Waals surface area contributed by atoms with E-state index >= 15 is 0 Å². The molecule has 2 rings (SSSR count). The molecule has 22 heavy (non-hydrogen) atoms. The van der Waals surface area contributed by atoms with Gasteiger partial charge >= 0.3 is 11.9 Å². The first-order valence-corrected chi connectivity index (χ1v) is 7.45. The second-order valence-corrected chi connectivity index (χ2v) is 5.00. The molecule has 0 aliphatic rings. The highest BCUT2D eigenvalue weighted by Crippen LogP contribution is 2.21. The standard InChI is InChI=1S/C18H20O4/c1-3-17(19)21-11-13-8-9-16-14(10-13)6-5-7-15(16)12-22-18(20)4-2/h5-10H,3-4,11-12H2,1-2H3. The van der Waals surface area contributed by atoms with Gasteiger partial charge in [0.15, 0.2) is 0 Å². The van der Waals surface area contributed by atoms with E-state index in [0.29, 0.717) is 12.8 Å². The smallest absolute Gasteiger partial charge is 0.305 e. The van der Waals surface area contributed by atoms with Gasteiger partial charge in [0.25, 0.3) is 0 Å². The van der Waals surface area contributed by atoms with Gasteiger partial charge in [0.1, 0.15) is 13.2 Å². The first kappa shape index (κ1) is 16.0. The summed E-state index contributed by atoms with van der Waals surface area (Å²) in [5.41, 5.74) is 1.91. The lowest BCUT2D eigenvalue weighted by Gasteiger charge is -2.09. The molecule has 0 saturated heterocycles. The second-order valence-electron chi connectivity index (χ2n) is 5.00. The van der Waals surface area contributed by atoms with Gasteiger partial charge in [0, 0.05) is 12.8 Å². The molecule has 0 saturated carbocycles. The van der Waals surface area contributed by atoms with Crippen LogP contribution in [0.2, 0.25) is 0 Å². The predicted octanol–water partition coefficient (Wildman–Crippen LogP) is 3.75. The Balaban J connectivity index is 2.16. The maximum atomic E-state index is 11.3. The van der Waals surface area contributed by atoms with E-state index in [2.05, 4.69) is 0 Å². The van der Waals surface area contributed by atoms with Gasteiger partial charge in [-0.3, -0.25) is 9.59 Å². The quantitative estimate of drug-likeness (QED) is 0.762. The summed E-state index contributed by atoms with van der Waals surface area (Å²) in [6, 6.07) is 11.8. The third-order valence-electron chi connectivity index (χ3n) is 3.40. The Morgan fingerprint density at radius 3 is 2.27 bits per heavy atom. The lowest BCUT2D eigenvalue weighted by Crippen LogP contribution is -2.03. The number of hydrogen-bond donors (Lipinski definition) is 0. The van der Waals surface area contributed by atoms with Gasteiger partial charge in [0.05, 0.1) is 0 Å². The van der Waals surface area contributed by atoms with Crippen molar-refractivity contribution in [3.8, 4) is 0 Å². The fraction of sp³-hybridized carbons (Fsp3) is 0.333. The van der Waals surface area contributed by atoms with Crippen molar-refractivity contribution in [2.24, 2.45) is 0 Å². The van der Waals surface area contributed by atoms with Crippen LogP contribution >= 0.6 is 0 Å². The topological polar surface area (TPSA) is 52.6 Å². The molecule has 2 aromatic carbocycles. The molecule has 0 amide bonds. The van der Waals surface area contributed by atoms with Gasteiger partial charge in [0.2, 0.25) is 0 Å². The number of ether oxygens (including phenoxy) is 2. The van der Waals surface area contributed by atoms with E-state index in [4.69, 9.17) is 9.47 Å². The number of fused-ring (bicyclic) bond motifs is 1. The maximum absolute atomic E-state index is 11.3. The van der Waals surface area contributed by atoms with Gasteiger partial charge in [-0.2, -0.15) is 0 Å². The molecule has 2 aromatic rings. The molecule has 0 heterocycles. The van der Waals surface area contributed by atoms with Crippen LogP contribution < -0.4 is 0 Å².